The average Bonchev–Trinajstić information content (AvgIpc) is 3.02. The molecule has 3 aromatic heterocycles. The minimum atomic E-state index is -0.606. The van der Waals surface area contributed by atoms with Crippen molar-refractivity contribution in [2.24, 2.45) is 5.73 Å². The van der Waals surface area contributed by atoms with Crippen molar-refractivity contribution in [1.82, 2.24) is 14.5 Å². The van der Waals surface area contributed by atoms with Crippen LogP contribution in [-0.2, 0) is 6.42 Å². The van der Waals surface area contributed by atoms with Gasteiger partial charge in [0, 0.05) is 29.8 Å². The molecule has 7 nitrogen and oxygen atoms in total. The molecule has 0 spiro atoms. The fraction of sp³-hybridized carbons (Fsp3) is 0.222. The number of pyridine rings is 2. The van der Waals surface area contributed by atoms with Gasteiger partial charge >= 0.3 is 0 Å². The van der Waals surface area contributed by atoms with Crippen LogP contribution in [0.15, 0.2) is 30.5 Å². The summed E-state index contributed by atoms with van der Waals surface area (Å²) < 4.78 is 6.92. The number of primary amides is 1. The van der Waals surface area contributed by atoms with Gasteiger partial charge in [-0.2, -0.15) is 4.98 Å². The number of nitrogens with two attached hydrogens (primary N) is 1. The van der Waals surface area contributed by atoms with Crippen molar-refractivity contribution in [3.63, 3.8) is 0 Å². The molecule has 1 aliphatic rings. The van der Waals surface area contributed by atoms with Crippen molar-refractivity contribution in [3.8, 4) is 11.7 Å². The zero-order chi connectivity index (χ0) is 17.6. The highest BCUT2D eigenvalue weighted by molar-refractivity contribution is 6.09. The van der Waals surface area contributed by atoms with Crippen LogP contribution in [0.2, 0.25) is 0 Å². The molecule has 2 N–H and O–H groups in total. The number of ether oxygens (including phenoxy) is 1. The number of carbonyl (C=O) groups is 2. The number of hydrogen-bond acceptors (Lipinski definition) is 5. The molecule has 7 heteroatoms. The third kappa shape index (κ3) is 2.44. The van der Waals surface area contributed by atoms with Gasteiger partial charge in [-0.3, -0.25) is 9.59 Å². The van der Waals surface area contributed by atoms with Gasteiger partial charge in [-0.1, -0.05) is 0 Å². The molecular formula is C18H16N4O3. The van der Waals surface area contributed by atoms with E-state index in [1.807, 2.05) is 18.2 Å². The smallest absolute Gasteiger partial charge is 0.251 e. The lowest BCUT2D eigenvalue weighted by Gasteiger charge is -2.15. The summed E-state index contributed by atoms with van der Waals surface area (Å²) in [6, 6.07) is 7.37. The van der Waals surface area contributed by atoms with Crippen molar-refractivity contribution in [1.29, 1.82) is 0 Å². The predicted molar refractivity (Wildman–Crippen MR) is 91.2 cm³/mol. The van der Waals surface area contributed by atoms with E-state index >= 15 is 0 Å². The summed E-state index contributed by atoms with van der Waals surface area (Å²) >= 11 is 0. The molecule has 3 aromatic rings. The van der Waals surface area contributed by atoms with Crippen molar-refractivity contribution in [2.45, 2.75) is 19.3 Å². The Kier molecular flexibility index (Phi) is 3.49. The van der Waals surface area contributed by atoms with Crippen LogP contribution >= 0.6 is 0 Å². The molecule has 0 aromatic carbocycles. The quantitative estimate of drug-likeness (QED) is 0.789. The summed E-state index contributed by atoms with van der Waals surface area (Å²) in [6.07, 6.45) is 3.47. The SMILES string of the molecule is COc1ccc2ccc(-n3cc(C(N)=O)c4c3CCCC4=O)nc2n1. The molecule has 3 heterocycles. The zero-order valence-electron chi connectivity index (χ0n) is 13.7. The third-order valence-electron chi connectivity index (χ3n) is 4.44. The summed E-state index contributed by atoms with van der Waals surface area (Å²) in [5, 5.41) is 0.872. The largest absolute Gasteiger partial charge is 0.481 e. The molecule has 25 heavy (non-hydrogen) atoms. The van der Waals surface area contributed by atoms with Crippen LogP contribution in [0.1, 0.15) is 39.3 Å². The maximum atomic E-state index is 12.3. The summed E-state index contributed by atoms with van der Waals surface area (Å²) in [5.41, 5.74) is 7.45. The van der Waals surface area contributed by atoms with Gasteiger partial charge in [-0.15, -0.1) is 0 Å². The Hall–Kier alpha value is -3.22. The van der Waals surface area contributed by atoms with Crippen molar-refractivity contribution < 1.29 is 14.3 Å². The Balaban J connectivity index is 1.92. The van der Waals surface area contributed by atoms with E-state index in [9.17, 15) is 9.59 Å². The highest BCUT2D eigenvalue weighted by Gasteiger charge is 2.28. The second kappa shape index (κ2) is 5.70. The van der Waals surface area contributed by atoms with Crippen LogP contribution in [0.3, 0.4) is 0 Å². The van der Waals surface area contributed by atoms with E-state index in [1.54, 1.807) is 23.9 Å². The van der Waals surface area contributed by atoms with E-state index < -0.39 is 5.91 Å². The fourth-order valence-corrected chi connectivity index (χ4v) is 3.26. The zero-order valence-corrected chi connectivity index (χ0v) is 13.7. The molecule has 0 saturated carbocycles. The Bertz CT molecular complexity index is 1020. The van der Waals surface area contributed by atoms with Gasteiger partial charge < -0.3 is 15.0 Å². The minimum absolute atomic E-state index is 0.0469. The Morgan fingerprint density at radius 1 is 1.20 bits per heavy atom. The highest BCUT2D eigenvalue weighted by Crippen LogP contribution is 2.29. The van der Waals surface area contributed by atoms with Crippen LogP contribution < -0.4 is 10.5 Å². The lowest BCUT2D eigenvalue weighted by Crippen LogP contribution is -2.18. The van der Waals surface area contributed by atoms with Gasteiger partial charge in [-0.05, 0) is 31.0 Å². The van der Waals surface area contributed by atoms with Gasteiger partial charge in [0.1, 0.15) is 5.82 Å². The highest BCUT2D eigenvalue weighted by atomic mass is 16.5. The first kappa shape index (κ1) is 15.3. The van der Waals surface area contributed by atoms with E-state index in [0.717, 1.165) is 17.5 Å². The molecule has 1 amide bonds. The van der Waals surface area contributed by atoms with Crippen molar-refractivity contribution >= 4 is 22.7 Å². The van der Waals surface area contributed by atoms with E-state index in [0.29, 0.717) is 35.8 Å². The number of fused-ring (bicyclic) bond motifs is 2. The molecule has 0 unspecified atom stereocenters. The number of amides is 1. The second-order valence-electron chi connectivity index (χ2n) is 5.95. The molecule has 0 fully saturated rings. The van der Waals surface area contributed by atoms with Crippen LogP contribution in [0, 0.1) is 0 Å². The molecule has 0 saturated heterocycles. The Morgan fingerprint density at radius 2 is 2.00 bits per heavy atom. The van der Waals surface area contributed by atoms with Gasteiger partial charge in [0.25, 0.3) is 5.91 Å². The number of nitrogens with zero attached hydrogens (tertiary/aromatic N) is 3. The molecule has 1 aliphatic carbocycles. The Morgan fingerprint density at radius 3 is 2.76 bits per heavy atom. The van der Waals surface area contributed by atoms with E-state index in [2.05, 4.69) is 9.97 Å². The van der Waals surface area contributed by atoms with E-state index in [-0.39, 0.29) is 11.3 Å². The molecular weight excluding hydrogens is 320 g/mol. The number of methoxy groups -OCH3 is 1. The lowest BCUT2D eigenvalue weighted by molar-refractivity contribution is 0.0950. The Labute approximate surface area is 143 Å². The van der Waals surface area contributed by atoms with Gasteiger partial charge in [-0.25, -0.2) is 4.98 Å². The number of carbonyl (C=O) groups excluding carboxylic acids is 2. The van der Waals surface area contributed by atoms with Crippen molar-refractivity contribution in [3.05, 3.63) is 47.3 Å². The maximum absolute atomic E-state index is 12.3. The molecule has 4 rings (SSSR count). The van der Waals surface area contributed by atoms with E-state index in [4.69, 9.17) is 10.5 Å². The lowest BCUT2D eigenvalue weighted by atomic mass is 9.93. The molecule has 0 aliphatic heterocycles. The number of aromatic nitrogens is 3. The number of ketones is 1. The fourth-order valence-electron chi connectivity index (χ4n) is 3.26. The van der Waals surface area contributed by atoms with Gasteiger partial charge in [0.2, 0.25) is 5.88 Å². The summed E-state index contributed by atoms with van der Waals surface area (Å²) in [5.74, 6) is 0.409. The number of hydrogen-bond donors (Lipinski definition) is 1. The van der Waals surface area contributed by atoms with Crippen LogP contribution in [0.4, 0.5) is 0 Å². The monoisotopic (exact) mass is 336 g/mol. The van der Waals surface area contributed by atoms with Crippen LogP contribution in [0.5, 0.6) is 5.88 Å². The topological polar surface area (TPSA) is 100 Å². The van der Waals surface area contributed by atoms with Crippen molar-refractivity contribution in [2.75, 3.05) is 7.11 Å². The summed E-state index contributed by atoms with van der Waals surface area (Å²) in [4.78, 5) is 33.0. The van der Waals surface area contributed by atoms with Gasteiger partial charge in [0.05, 0.1) is 18.2 Å². The van der Waals surface area contributed by atoms with Crippen LogP contribution in [-0.4, -0.2) is 33.3 Å². The second-order valence-corrected chi connectivity index (χ2v) is 5.95. The molecule has 0 bridgehead atoms. The molecule has 0 radical (unpaired) electrons. The minimum Gasteiger partial charge on any atom is -0.481 e. The molecule has 0 atom stereocenters. The first-order chi connectivity index (χ1) is 12.1. The number of rotatable bonds is 3. The first-order valence-corrected chi connectivity index (χ1v) is 7.98. The first-order valence-electron chi connectivity index (χ1n) is 7.98. The maximum Gasteiger partial charge on any atom is 0.251 e. The van der Waals surface area contributed by atoms with Crippen LogP contribution in [0.25, 0.3) is 16.9 Å². The number of Topliss-reactive ketones (excluding diaryl/α,β-unsaturated/α-hetero) is 1. The predicted octanol–water partition coefficient (Wildman–Crippen LogP) is 2.05. The third-order valence-corrected chi connectivity index (χ3v) is 4.44. The van der Waals surface area contributed by atoms with Gasteiger partial charge in [0.15, 0.2) is 11.4 Å². The average molecular weight is 336 g/mol. The summed E-state index contributed by atoms with van der Waals surface area (Å²) in [7, 11) is 1.55. The normalized spacial score (nSPS) is 13.7. The summed E-state index contributed by atoms with van der Waals surface area (Å²) in [6.45, 7) is 0. The standard InChI is InChI=1S/C18H16N4O3/c1-25-15-8-6-10-5-7-14(20-18(10)21-15)22-9-11(17(19)24)16-12(22)3-2-4-13(16)23/h5-9H,2-4H2,1H3,(H2,19,24). The van der Waals surface area contributed by atoms with E-state index in [1.165, 1.54) is 0 Å². The molecule has 126 valence electrons.